The molecule has 0 bridgehead atoms. The van der Waals surface area contributed by atoms with E-state index in [1.54, 1.807) is 0 Å². The Balaban J connectivity index is -0.000000107. The summed E-state index contributed by atoms with van der Waals surface area (Å²) in [6, 6.07) is 0. The van der Waals surface area contributed by atoms with E-state index < -0.39 is 19.4 Å². The molecule has 1 atom stereocenters. The molecule has 12 heavy (non-hydrogen) atoms. The third-order valence-electron chi connectivity index (χ3n) is 0.529. The molecule has 0 aromatic rings. The zero-order valence-electron chi connectivity index (χ0n) is 7.09. The standard InChI is InChI=1S/C2H5O6P.3Na/c3-1(4)2(5)9(6,7)8;;;/h2,5H,(H,3,4)(H2,6,7,8);;;/q;3*+1/p-1. The zero-order chi connectivity index (χ0) is 7.65. The van der Waals surface area contributed by atoms with E-state index in [2.05, 4.69) is 0 Å². The van der Waals surface area contributed by atoms with E-state index in [4.69, 9.17) is 14.9 Å². The molecule has 0 fully saturated rings. The Morgan fingerprint density at radius 2 is 1.50 bits per heavy atom. The van der Waals surface area contributed by atoms with Gasteiger partial charge in [0.2, 0.25) is 0 Å². The predicted molar refractivity (Wildman–Crippen MR) is 23.1 cm³/mol. The van der Waals surface area contributed by atoms with Crippen molar-refractivity contribution in [2.75, 3.05) is 0 Å². The van der Waals surface area contributed by atoms with Crippen molar-refractivity contribution in [3.8, 4) is 0 Å². The smallest absolute Gasteiger partial charge is 0.547 e. The molecule has 6 nitrogen and oxygen atoms in total. The summed E-state index contributed by atoms with van der Waals surface area (Å²) in [6.45, 7) is 0. The molecule has 0 amide bonds. The first-order valence-corrected chi connectivity index (χ1v) is 3.48. The number of hydrogen-bond acceptors (Lipinski definition) is 4. The topological polar surface area (TPSA) is 118 Å². The number of carbonyl (C=O) groups excluding carboxylic acids is 1. The fourth-order valence-corrected chi connectivity index (χ4v) is 0.412. The minimum Gasteiger partial charge on any atom is -0.547 e. The summed E-state index contributed by atoms with van der Waals surface area (Å²) >= 11 is 0. The first-order chi connectivity index (χ1) is 3.85. The van der Waals surface area contributed by atoms with Crippen LogP contribution in [0.1, 0.15) is 0 Å². The molecule has 54 valence electrons. The van der Waals surface area contributed by atoms with Crippen molar-refractivity contribution < 1.29 is 118 Å². The van der Waals surface area contributed by atoms with Gasteiger partial charge in [-0.25, -0.2) is 0 Å². The van der Waals surface area contributed by atoms with Gasteiger partial charge in [0.05, 0.1) is 5.97 Å². The van der Waals surface area contributed by atoms with E-state index in [0.717, 1.165) is 0 Å². The molecule has 0 rings (SSSR count). The maximum atomic E-state index is 9.80. The molecule has 10 heteroatoms. The Kier molecular flexibility index (Phi) is 20.2. The van der Waals surface area contributed by atoms with Gasteiger partial charge in [0.15, 0.2) is 5.85 Å². The van der Waals surface area contributed by atoms with Crippen molar-refractivity contribution in [2.45, 2.75) is 5.85 Å². The van der Waals surface area contributed by atoms with Crippen molar-refractivity contribution in [1.29, 1.82) is 0 Å². The van der Waals surface area contributed by atoms with Crippen LogP contribution in [0.15, 0.2) is 0 Å². The second-order valence-electron chi connectivity index (χ2n) is 1.28. The molecule has 3 N–H and O–H groups in total. The van der Waals surface area contributed by atoms with Gasteiger partial charge in [0.25, 0.3) is 0 Å². The Labute approximate surface area is 135 Å². The molecule has 0 aliphatic rings. The second kappa shape index (κ2) is 10.1. The average molecular weight is 224 g/mol. The summed E-state index contributed by atoms with van der Waals surface area (Å²) in [5, 5.41) is 17.5. The maximum absolute atomic E-state index is 9.80. The Hall–Kier alpha value is 2.58. The molecule has 0 saturated heterocycles. The minimum absolute atomic E-state index is 0. The van der Waals surface area contributed by atoms with E-state index in [0.29, 0.717) is 0 Å². The van der Waals surface area contributed by atoms with E-state index in [1.165, 1.54) is 0 Å². The fraction of sp³-hybridized carbons (Fsp3) is 0.500. The van der Waals surface area contributed by atoms with E-state index in [9.17, 15) is 14.5 Å². The number of rotatable bonds is 2. The first-order valence-electron chi connectivity index (χ1n) is 1.80. The monoisotopic (exact) mass is 224 g/mol. The van der Waals surface area contributed by atoms with Gasteiger partial charge in [0, 0.05) is 0 Å². The fourth-order valence-electron chi connectivity index (χ4n) is 0.137. The van der Waals surface area contributed by atoms with Crippen molar-refractivity contribution in [2.24, 2.45) is 0 Å². The quantitative estimate of drug-likeness (QED) is 0.316. The molecular weight excluding hydrogens is 220 g/mol. The van der Waals surface area contributed by atoms with Crippen LogP contribution in [0.5, 0.6) is 0 Å². The number of hydrogen-bond donors (Lipinski definition) is 3. The second-order valence-corrected chi connectivity index (χ2v) is 2.95. The van der Waals surface area contributed by atoms with Crippen LogP contribution in [-0.2, 0) is 9.36 Å². The van der Waals surface area contributed by atoms with Crippen LogP contribution in [0, 0.1) is 0 Å². The van der Waals surface area contributed by atoms with Gasteiger partial charge < -0.3 is 24.8 Å². The van der Waals surface area contributed by atoms with Gasteiger partial charge in [-0.1, -0.05) is 0 Å². The van der Waals surface area contributed by atoms with Gasteiger partial charge in [-0.3, -0.25) is 4.57 Å². The average Bonchev–Trinajstić information content (AvgIpc) is 1.62. The summed E-state index contributed by atoms with van der Waals surface area (Å²) in [4.78, 5) is 25.3. The van der Waals surface area contributed by atoms with Gasteiger partial charge in [0.1, 0.15) is 0 Å². The normalized spacial score (nSPS) is 11.2. The van der Waals surface area contributed by atoms with Crippen LogP contribution >= 0.6 is 7.60 Å². The van der Waals surface area contributed by atoms with Gasteiger partial charge in [-0.05, 0) is 0 Å². The Morgan fingerprint density at radius 1 is 1.25 bits per heavy atom. The van der Waals surface area contributed by atoms with Crippen molar-refractivity contribution in [1.82, 2.24) is 0 Å². The molecular formula is C2H4Na3O6P+2. The van der Waals surface area contributed by atoms with Crippen molar-refractivity contribution >= 4 is 13.6 Å². The Bertz CT molecular complexity index is 166. The van der Waals surface area contributed by atoms with Crippen LogP contribution in [0.4, 0.5) is 0 Å². The van der Waals surface area contributed by atoms with Gasteiger partial charge >= 0.3 is 96.3 Å². The third kappa shape index (κ3) is 10.7. The summed E-state index contributed by atoms with van der Waals surface area (Å²) in [6.07, 6.45) is 0. The number of carboxylic acids is 1. The number of carbonyl (C=O) groups is 1. The van der Waals surface area contributed by atoms with E-state index in [-0.39, 0.29) is 88.7 Å². The predicted octanol–water partition coefficient (Wildman–Crippen LogP) is -11.8. The molecule has 0 saturated carbocycles. The third-order valence-corrected chi connectivity index (χ3v) is 1.38. The minimum atomic E-state index is -4.92. The summed E-state index contributed by atoms with van der Waals surface area (Å²) < 4.78 is 9.80. The largest absolute Gasteiger partial charge is 1.00 e. The van der Waals surface area contributed by atoms with Crippen LogP contribution in [0.2, 0.25) is 0 Å². The molecule has 0 aliphatic carbocycles. The van der Waals surface area contributed by atoms with E-state index in [1.807, 2.05) is 0 Å². The first kappa shape index (κ1) is 24.0. The van der Waals surface area contributed by atoms with E-state index >= 15 is 0 Å². The zero-order valence-corrected chi connectivity index (χ0v) is 14.0. The van der Waals surface area contributed by atoms with Crippen LogP contribution < -0.4 is 93.8 Å². The van der Waals surface area contributed by atoms with Crippen molar-refractivity contribution in [3.05, 3.63) is 0 Å². The molecule has 0 aliphatic heterocycles. The van der Waals surface area contributed by atoms with Gasteiger partial charge in [-0.2, -0.15) is 0 Å². The van der Waals surface area contributed by atoms with Crippen molar-refractivity contribution in [3.63, 3.8) is 0 Å². The molecule has 0 aromatic heterocycles. The molecule has 0 aromatic carbocycles. The summed E-state index contributed by atoms with van der Waals surface area (Å²) in [5.41, 5.74) is 0. The number of aliphatic hydroxyl groups is 1. The molecule has 1 unspecified atom stereocenters. The molecule has 0 spiro atoms. The molecule has 0 radical (unpaired) electrons. The summed E-state index contributed by atoms with van der Waals surface area (Å²) in [5.74, 6) is -4.89. The maximum Gasteiger partial charge on any atom is 1.00 e. The number of carboxylic acid groups (broad SMARTS) is 1. The van der Waals surface area contributed by atoms with Crippen LogP contribution in [-0.4, -0.2) is 26.7 Å². The summed E-state index contributed by atoms with van der Waals surface area (Å²) in [7, 11) is -4.92. The SMILES string of the molecule is O=C([O-])C(O)P(=O)(O)O.[Na+].[Na+].[Na+]. The molecule has 0 heterocycles. The Morgan fingerprint density at radius 3 is 1.50 bits per heavy atom. The van der Waals surface area contributed by atoms with Crippen LogP contribution in [0.3, 0.4) is 0 Å². The van der Waals surface area contributed by atoms with Crippen LogP contribution in [0.25, 0.3) is 0 Å². The van der Waals surface area contributed by atoms with Gasteiger partial charge in [-0.15, -0.1) is 0 Å². The number of aliphatic hydroxyl groups excluding tert-OH is 1. The number of aliphatic carboxylic acids is 1.